The van der Waals surface area contributed by atoms with E-state index < -0.39 is 0 Å². The van der Waals surface area contributed by atoms with Crippen molar-refractivity contribution >= 4 is 22.7 Å². The van der Waals surface area contributed by atoms with E-state index in [0.717, 1.165) is 60.2 Å². The molecule has 0 radical (unpaired) electrons. The molecule has 2 heterocycles. The minimum absolute atomic E-state index is 0.0149. The Morgan fingerprint density at radius 3 is 2.69 bits per heavy atom. The zero-order chi connectivity index (χ0) is 20.5. The van der Waals surface area contributed by atoms with Crippen LogP contribution in [0.1, 0.15) is 70.5 Å². The van der Waals surface area contributed by atoms with Gasteiger partial charge in [0.15, 0.2) is 5.78 Å². The van der Waals surface area contributed by atoms with E-state index >= 15 is 0 Å². The molecule has 6 heteroatoms. The molecule has 0 bridgehead atoms. The van der Waals surface area contributed by atoms with Crippen LogP contribution in [0.15, 0.2) is 24.3 Å². The lowest BCUT2D eigenvalue weighted by molar-refractivity contribution is 0.0914. The van der Waals surface area contributed by atoms with E-state index in [4.69, 9.17) is 4.98 Å². The molecule has 6 nitrogen and oxygen atoms in total. The summed E-state index contributed by atoms with van der Waals surface area (Å²) in [6.07, 6.45) is 5.08. The fourth-order valence-electron chi connectivity index (χ4n) is 4.75. The van der Waals surface area contributed by atoms with Crippen molar-refractivity contribution < 1.29 is 9.59 Å². The quantitative estimate of drug-likeness (QED) is 0.567. The third-order valence-electron chi connectivity index (χ3n) is 6.06. The van der Waals surface area contributed by atoms with Gasteiger partial charge in [-0.3, -0.25) is 9.59 Å². The molecule has 3 aromatic rings. The smallest absolute Gasteiger partial charge is 0.268 e. The lowest BCUT2D eigenvalue weighted by Gasteiger charge is -2.29. The maximum Gasteiger partial charge on any atom is 0.268 e. The predicted octanol–water partition coefficient (Wildman–Crippen LogP) is 4.24. The molecule has 1 aliphatic carbocycles. The number of nitrogens with one attached hydrogen (secondary N) is 3. The van der Waals surface area contributed by atoms with Gasteiger partial charge in [-0.1, -0.05) is 18.6 Å². The number of imidazole rings is 1. The number of nitrogens with zero attached hydrogens (tertiary/aromatic N) is 1. The van der Waals surface area contributed by atoms with Crippen LogP contribution in [-0.2, 0) is 6.42 Å². The van der Waals surface area contributed by atoms with Crippen molar-refractivity contribution in [2.75, 3.05) is 0 Å². The van der Waals surface area contributed by atoms with Crippen molar-refractivity contribution in [3.8, 4) is 0 Å². The maximum absolute atomic E-state index is 12.8. The van der Waals surface area contributed by atoms with Crippen molar-refractivity contribution in [2.24, 2.45) is 5.92 Å². The number of benzene rings is 1. The van der Waals surface area contributed by atoms with E-state index in [0.29, 0.717) is 17.2 Å². The predicted molar refractivity (Wildman–Crippen MR) is 113 cm³/mol. The summed E-state index contributed by atoms with van der Waals surface area (Å²) in [5, 5.41) is 3.19. The zero-order valence-corrected chi connectivity index (χ0v) is 17.3. The summed E-state index contributed by atoms with van der Waals surface area (Å²) < 4.78 is 0. The monoisotopic (exact) mass is 392 g/mol. The summed E-state index contributed by atoms with van der Waals surface area (Å²) >= 11 is 0. The molecule has 2 aromatic heterocycles. The molecule has 1 saturated carbocycles. The van der Waals surface area contributed by atoms with Gasteiger partial charge >= 0.3 is 0 Å². The van der Waals surface area contributed by atoms with Gasteiger partial charge in [-0.25, -0.2) is 4.98 Å². The molecule has 0 saturated heterocycles. The number of para-hydroxylation sites is 2. The minimum atomic E-state index is -0.118. The summed E-state index contributed by atoms with van der Waals surface area (Å²) in [5.41, 5.74) is 4.70. The topological polar surface area (TPSA) is 90.6 Å². The molecule has 4 rings (SSSR count). The number of H-pyrrole nitrogens is 2. The van der Waals surface area contributed by atoms with E-state index in [1.165, 1.54) is 6.92 Å². The fourth-order valence-corrected chi connectivity index (χ4v) is 4.75. The largest absolute Gasteiger partial charge is 0.354 e. The summed E-state index contributed by atoms with van der Waals surface area (Å²) in [7, 11) is 0. The highest BCUT2D eigenvalue weighted by atomic mass is 16.2. The number of hydrogen-bond acceptors (Lipinski definition) is 3. The average molecular weight is 393 g/mol. The van der Waals surface area contributed by atoms with Gasteiger partial charge in [-0.15, -0.1) is 0 Å². The number of ketones is 1. The normalized spacial score (nSPS) is 19.4. The van der Waals surface area contributed by atoms with Crippen LogP contribution >= 0.6 is 0 Å². The highest BCUT2D eigenvalue weighted by molar-refractivity contribution is 6.02. The molecule has 29 heavy (non-hydrogen) atoms. The lowest BCUT2D eigenvalue weighted by atomic mass is 9.83. The van der Waals surface area contributed by atoms with Gasteiger partial charge in [0.05, 0.1) is 11.0 Å². The van der Waals surface area contributed by atoms with Gasteiger partial charge in [0.1, 0.15) is 11.5 Å². The highest BCUT2D eigenvalue weighted by Gasteiger charge is 2.26. The minimum Gasteiger partial charge on any atom is -0.354 e. The fraction of sp³-hybridized carbons (Fsp3) is 0.435. The molecular formula is C23H28N4O2. The van der Waals surface area contributed by atoms with E-state index in [1.807, 2.05) is 38.1 Å². The second-order valence-corrected chi connectivity index (χ2v) is 8.29. The van der Waals surface area contributed by atoms with Gasteiger partial charge in [0, 0.05) is 23.7 Å². The van der Waals surface area contributed by atoms with Crippen molar-refractivity contribution in [1.82, 2.24) is 20.3 Å². The second kappa shape index (κ2) is 7.85. The molecule has 2 unspecified atom stereocenters. The summed E-state index contributed by atoms with van der Waals surface area (Å²) in [4.78, 5) is 35.9. The van der Waals surface area contributed by atoms with Crippen LogP contribution < -0.4 is 5.32 Å². The van der Waals surface area contributed by atoms with Crippen LogP contribution in [0, 0.1) is 19.8 Å². The number of carbonyl (C=O) groups is 2. The van der Waals surface area contributed by atoms with Gasteiger partial charge in [-0.2, -0.15) is 0 Å². The lowest BCUT2D eigenvalue weighted by Crippen LogP contribution is -2.39. The van der Waals surface area contributed by atoms with Crippen molar-refractivity contribution in [2.45, 2.75) is 58.9 Å². The SMILES string of the molecule is CC(=O)c1c(C)[nH]c(C(=O)NC2CCCC(Cc3nc4ccccc4[nH]3)C2)c1C. The molecule has 1 aromatic carbocycles. The molecule has 1 fully saturated rings. The molecule has 1 aliphatic rings. The maximum atomic E-state index is 12.8. The number of rotatable bonds is 5. The van der Waals surface area contributed by atoms with E-state index in [1.54, 1.807) is 0 Å². The Morgan fingerprint density at radius 2 is 1.97 bits per heavy atom. The molecule has 0 aliphatic heterocycles. The third-order valence-corrected chi connectivity index (χ3v) is 6.06. The molecule has 0 spiro atoms. The number of aryl methyl sites for hydroxylation is 1. The Balaban J connectivity index is 1.41. The second-order valence-electron chi connectivity index (χ2n) is 8.29. The van der Waals surface area contributed by atoms with Gasteiger partial charge in [0.2, 0.25) is 0 Å². The first kappa shape index (κ1) is 19.4. The van der Waals surface area contributed by atoms with Gasteiger partial charge in [-0.05, 0) is 63.6 Å². The Bertz CT molecular complexity index is 1030. The molecule has 2 atom stereocenters. The Labute approximate surface area is 170 Å². The van der Waals surface area contributed by atoms with Gasteiger partial charge in [0.25, 0.3) is 5.91 Å². The Morgan fingerprint density at radius 1 is 1.17 bits per heavy atom. The third kappa shape index (κ3) is 3.97. The Kier molecular flexibility index (Phi) is 5.26. The van der Waals surface area contributed by atoms with Crippen LogP contribution in [-0.4, -0.2) is 32.7 Å². The molecule has 3 N–H and O–H groups in total. The van der Waals surface area contributed by atoms with Crippen LogP contribution in [0.4, 0.5) is 0 Å². The van der Waals surface area contributed by atoms with Gasteiger partial charge < -0.3 is 15.3 Å². The van der Waals surface area contributed by atoms with Crippen molar-refractivity contribution in [1.29, 1.82) is 0 Å². The number of fused-ring (bicyclic) bond motifs is 1. The first-order valence-electron chi connectivity index (χ1n) is 10.4. The van der Waals surface area contributed by atoms with Crippen molar-refractivity contribution in [3.63, 3.8) is 0 Å². The van der Waals surface area contributed by atoms with Crippen LogP contribution in [0.25, 0.3) is 11.0 Å². The van der Waals surface area contributed by atoms with E-state index in [2.05, 4.69) is 15.3 Å². The number of aromatic nitrogens is 3. The first-order valence-corrected chi connectivity index (χ1v) is 10.4. The Hall–Kier alpha value is -2.89. The van der Waals surface area contributed by atoms with E-state index in [9.17, 15) is 9.59 Å². The van der Waals surface area contributed by atoms with Crippen LogP contribution in [0.2, 0.25) is 0 Å². The molecule has 152 valence electrons. The summed E-state index contributed by atoms with van der Waals surface area (Å²) in [6.45, 7) is 5.21. The van der Waals surface area contributed by atoms with Crippen LogP contribution in [0.5, 0.6) is 0 Å². The number of hydrogen-bond donors (Lipinski definition) is 3. The number of aromatic amines is 2. The number of Topliss-reactive ketones (excluding diaryl/α,β-unsaturated/α-hetero) is 1. The summed E-state index contributed by atoms with van der Waals surface area (Å²) in [5.74, 6) is 1.38. The molecule has 1 amide bonds. The van der Waals surface area contributed by atoms with E-state index in [-0.39, 0.29) is 17.7 Å². The number of amides is 1. The van der Waals surface area contributed by atoms with Crippen molar-refractivity contribution in [3.05, 3.63) is 52.6 Å². The first-order chi connectivity index (χ1) is 13.9. The zero-order valence-electron chi connectivity index (χ0n) is 17.3. The average Bonchev–Trinajstić information content (AvgIpc) is 3.21. The molecular weight excluding hydrogens is 364 g/mol. The number of carbonyl (C=O) groups excluding carboxylic acids is 2. The standard InChI is InChI=1S/C23H28N4O2/c1-13-21(15(3)28)14(2)24-22(13)23(29)25-17-8-6-7-16(11-17)12-20-26-18-9-4-5-10-19(18)27-20/h4-5,9-10,16-17,24H,6-8,11-12H2,1-3H3,(H,25,29)(H,26,27). The van der Waals surface area contributed by atoms with Crippen LogP contribution in [0.3, 0.4) is 0 Å². The highest BCUT2D eigenvalue weighted by Crippen LogP contribution is 2.28. The summed E-state index contributed by atoms with van der Waals surface area (Å²) in [6, 6.07) is 8.23.